The molecule has 2 rings (SSSR count). The number of H-pyrrole nitrogens is 1. The summed E-state index contributed by atoms with van der Waals surface area (Å²) >= 11 is 0. The number of para-hydroxylation sites is 2. The molecular formula is C15H23N3O3. The van der Waals surface area contributed by atoms with Gasteiger partial charge in [0, 0.05) is 20.2 Å². The van der Waals surface area contributed by atoms with Gasteiger partial charge in [-0.2, -0.15) is 0 Å². The minimum Gasteiger partial charge on any atom is -0.389 e. The van der Waals surface area contributed by atoms with Crippen LogP contribution in [0, 0.1) is 0 Å². The first-order valence-corrected chi connectivity index (χ1v) is 7.15. The van der Waals surface area contributed by atoms with Gasteiger partial charge in [0.1, 0.15) is 0 Å². The van der Waals surface area contributed by atoms with Crippen LogP contribution in [-0.4, -0.2) is 59.5 Å². The summed E-state index contributed by atoms with van der Waals surface area (Å²) in [6.45, 7) is 2.38. The topological polar surface area (TPSA) is 70.5 Å². The molecule has 0 radical (unpaired) electrons. The fourth-order valence-corrected chi connectivity index (χ4v) is 2.52. The van der Waals surface area contributed by atoms with E-state index < -0.39 is 6.10 Å². The zero-order valence-corrected chi connectivity index (χ0v) is 12.6. The minimum absolute atomic E-state index is 0.0710. The Morgan fingerprint density at radius 1 is 1.43 bits per heavy atom. The smallest absolute Gasteiger partial charge is 0.326 e. The van der Waals surface area contributed by atoms with Crippen LogP contribution in [-0.2, 0) is 11.3 Å². The molecule has 0 saturated carbocycles. The number of hydrogen-bond acceptors (Lipinski definition) is 4. The number of ether oxygens (including phenoxy) is 1. The van der Waals surface area contributed by atoms with Gasteiger partial charge in [0.2, 0.25) is 0 Å². The number of aromatic amines is 1. The van der Waals surface area contributed by atoms with Crippen LogP contribution in [0.5, 0.6) is 0 Å². The van der Waals surface area contributed by atoms with E-state index in [1.54, 1.807) is 11.7 Å². The Morgan fingerprint density at radius 2 is 2.19 bits per heavy atom. The third-order valence-electron chi connectivity index (χ3n) is 3.48. The fourth-order valence-electron chi connectivity index (χ4n) is 2.52. The predicted molar refractivity (Wildman–Crippen MR) is 82.6 cm³/mol. The van der Waals surface area contributed by atoms with Gasteiger partial charge in [0.15, 0.2) is 0 Å². The summed E-state index contributed by atoms with van der Waals surface area (Å²) in [4.78, 5) is 16.8. The molecule has 1 heterocycles. The van der Waals surface area contributed by atoms with E-state index in [0.29, 0.717) is 19.7 Å². The Kier molecular flexibility index (Phi) is 5.55. The highest BCUT2D eigenvalue weighted by molar-refractivity contribution is 5.74. The number of benzene rings is 1. The number of aryl methyl sites for hydroxylation is 1. The molecule has 116 valence electrons. The maximum Gasteiger partial charge on any atom is 0.326 e. The molecule has 21 heavy (non-hydrogen) atoms. The summed E-state index contributed by atoms with van der Waals surface area (Å²) in [5, 5.41) is 9.66. The number of nitrogens with one attached hydrogen (secondary N) is 1. The van der Waals surface area contributed by atoms with Crippen molar-refractivity contribution in [1.29, 1.82) is 0 Å². The number of aliphatic hydroxyl groups excluding tert-OH is 1. The molecule has 2 aromatic rings. The van der Waals surface area contributed by atoms with E-state index in [1.807, 2.05) is 36.2 Å². The summed E-state index contributed by atoms with van der Waals surface area (Å²) < 4.78 is 6.66. The first kappa shape index (κ1) is 15.8. The van der Waals surface area contributed by atoms with Crippen molar-refractivity contribution in [2.75, 3.05) is 33.9 Å². The SMILES string of the molecule is COC[C@@H](O)CN(C)CCCn1c(=O)[nH]c2ccccc21. The van der Waals surface area contributed by atoms with Crippen LogP contribution >= 0.6 is 0 Å². The maximum absolute atomic E-state index is 11.9. The molecule has 6 nitrogen and oxygen atoms in total. The second-order valence-electron chi connectivity index (χ2n) is 5.32. The second-order valence-corrected chi connectivity index (χ2v) is 5.32. The van der Waals surface area contributed by atoms with Crippen molar-refractivity contribution in [2.24, 2.45) is 0 Å². The number of aromatic nitrogens is 2. The van der Waals surface area contributed by atoms with E-state index in [-0.39, 0.29) is 5.69 Å². The van der Waals surface area contributed by atoms with Crippen LogP contribution < -0.4 is 5.69 Å². The number of methoxy groups -OCH3 is 1. The number of hydrogen-bond donors (Lipinski definition) is 2. The molecule has 1 aromatic heterocycles. The van der Waals surface area contributed by atoms with Crippen molar-refractivity contribution >= 4 is 11.0 Å². The minimum atomic E-state index is -0.476. The van der Waals surface area contributed by atoms with Crippen LogP contribution in [0.4, 0.5) is 0 Å². The highest BCUT2D eigenvalue weighted by Crippen LogP contribution is 2.09. The number of imidazole rings is 1. The normalized spacial score (nSPS) is 13.1. The standard InChI is InChI=1S/C15H23N3O3/c1-17(10-12(19)11-21-2)8-5-9-18-14-7-4-3-6-13(14)16-15(18)20/h3-4,6-7,12,19H,5,8-11H2,1-2H3,(H,16,20)/t12-/m0/s1. The lowest BCUT2D eigenvalue weighted by molar-refractivity contribution is 0.0429. The number of fused-ring (bicyclic) bond motifs is 1. The second kappa shape index (κ2) is 7.40. The molecule has 0 spiro atoms. The summed E-state index contributed by atoms with van der Waals surface area (Å²) in [5.74, 6) is 0. The fraction of sp³-hybridized carbons (Fsp3) is 0.533. The van der Waals surface area contributed by atoms with Crippen LogP contribution in [0.25, 0.3) is 11.0 Å². The van der Waals surface area contributed by atoms with E-state index in [4.69, 9.17) is 4.74 Å². The van der Waals surface area contributed by atoms with Crippen molar-refractivity contribution in [2.45, 2.75) is 19.1 Å². The van der Waals surface area contributed by atoms with Crippen molar-refractivity contribution < 1.29 is 9.84 Å². The van der Waals surface area contributed by atoms with Crippen LogP contribution in [0.1, 0.15) is 6.42 Å². The Hall–Kier alpha value is -1.63. The monoisotopic (exact) mass is 293 g/mol. The summed E-state index contributed by atoms with van der Waals surface area (Å²) in [5.41, 5.74) is 1.73. The molecule has 0 unspecified atom stereocenters. The third kappa shape index (κ3) is 4.17. The first-order chi connectivity index (χ1) is 10.1. The van der Waals surface area contributed by atoms with Gasteiger partial charge >= 0.3 is 5.69 Å². The van der Waals surface area contributed by atoms with Gasteiger partial charge in [0.25, 0.3) is 0 Å². The lowest BCUT2D eigenvalue weighted by atomic mass is 10.3. The largest absolute Gasteiger partial charge is 0.389 e. The van der Waals surface area contributed by atoms with E-state index >= 15 is 0 Å². The highest BCUT2D eigenvalue weighted by Gasteiger charge is 2.09. The molecule has 0 amide bonds. The highest BCUT2D eigenvalue weighted by atomic mass is 16.5. The van der Waals surface area contributed by atoms with E-state index in [0.717, 1.165) is 24.0 Å². The van der Waals surface area contributed by atoms with Crippen molar-refractivity contribution in [3.63, 3.8) is 0 Å². The van der Waals surface area contributed by atoms with Gasteiger partial charge < -0.3 is 19.7 Å². The Balaban J connectivity index is 1.88. The van der Waals surface area contributed by atoms with Crippen molar-refractivity contribution in [1.82, 2.24) is 14.5 Å². The van der Waals surface area contributed by atoms with Gasteiger partial charge in [-0.1, -0.05) is 12.1 Å². The Bertz CT molecular complexity index is 620. The Labute approximate surface area is 124 Å². The first-order valence-electron chi connectivity index (χ1n) is 7.15. The van der Waals surface area contributed by atoms with E-state index in [1.165, 1.54) is 0 Å². The average molecular weight is 293 g/mol. The molecule has 0 aliphatic rings. The molecule has 2 N–H and O–H groups in total. The number of rotatable bonds is 8. The van der Waals surface area contributed by atoms with Gasteiger partial charge in [-0.15, -0.1) is 0 Å². The number of aliphatic hydroxyl groups is 1. The molecule has 0 saturated heterocycles. The van der Waals surface area contributed by atoms with Crippen LogP contribution in [0.3, 0.4) is 0 Å². The van der Waals surface area contributed by atoms with E-state index in [2.05, 4.69) is 4.98 Å². The zero-order valence-electron chi connectivity index (χ0n) is 12.6. The Morgan fingerprint density at radius 3 is 2.95 bits per heavy atom. The molecular weight excluding hydrogens is 270 g/mol. The third-order valence-corrected chi connectivity index (χ3v) is 3.48. The quantitative estimate of drug-likeness (QED) is 0.750. The molecule has 0 bridgehead atoms. The van der Waals surface area contributed by atoms with Crippen LogP contribution in [0.15, 0.2) is 29.1 Å². The maximum atomic E-state index is 11.9. The summed E-state index contributed by atoms with van der Waals surface area (Å²) in [7, 11) is 3.53. The summed E-state index contributed by atoms with van der Waals surface area (Å²) in [6, 6.07) is 7.69. The van der Waals surface area contributed by atoms with Crippen molar-refractivity contribution in [3.05, 3.63) is 34.7 Å². The van der Waals surface area contributed by atoms with Crippen LogP contribution in [0.2, 0.25) is 0 Å². The molecule has 0 aliphatic heterocycles. The summed E-state index contributed by atoms with van der Waals surface area (Å²) in [6.07, 6.45) is 0.369. The molecule has 0 aliphatic carbocycles. The van der Waals surface area contributed by atoms with Gasteiger partial charge in [-0.3, -0.25) is 4.57 Å². The molecule has 6 heteroatoms. The average Bonchev–Trinajstić information content (AvgIpc) is 2.75. The zero-order chi connectivity index (χ0) is 15.2. The molecule has 1 atom stereocenters. The predicted octanol–water partition coefficient (Wildman–Crippen LogP) is 0.659. The number of likely N-dealkylation sites (N-methyl/N-ethyl adjacent to an activating group) is 1. The lowest BCUT2D eigenvalue weighted by Crippen LogP contribution is -2.33. The van der Waals surface area contributed by atoms with E-state index in [9.17, 15) is 9.90 Å². The van der Waals surface area contributed by atoms with Gasteiger partial charge in [-0.05, 0) is 32.1 Å². The van der Waals surface area contributed by atoms with Gasteiger partial charge in [0.05, 0.1) is 23.7 Å². The van der Waals surface area contributed by atoms with Crippen molar-refractivity contribution in [3.8, 4) is 0 Å². The lowest BCUT2D eigenvalue weighted by Gasteiger charge is -2.20. The molecule has 1 aromatic carbocycles. The number of nitrogens with zero attached hydrogens (tertiary/aromatic N) is 2. The molecule has 0 fully saturated rings. The van der Waals surface area contributed by atoms with Gasteiger partial charge in [-0.25, -0.2) is 4.79 Å².